The summed E-state index contributed by atoms with van der Waals surface area (Å²) in [4.78, 5) is 14.0. The largest absolute Gasteiger partial charge is 0.388 e. The number of nitrogens with one attached hydrogen (secondary N) is 1. The average Bonchev–Trinajstić information content (AvgIpc) is 2.66. The van der Waals surface area contributed by atoms with Crippen LogP contribution in [0.2, 0.25) is 0 Å². The van der Waals surface area contributed by atoms with Crippen LogP contribution >= 0.6 is 0 Å². The summed E-state index contributed by atoms with van der Waals surface area (Å²) in [5.74, 6) is -0.345. The molecule has 3 N–H and O–H groups in total. The van der Waals surface area contributed by atoms with Crippen LogP contribution in [0.3, 0.4) is 0 Å². The second-order valence-corrected chi connectivity index (χ2v) is 7.10. The number of hydrogen-bond acceptors (Lipinski definition) is 4. The van der Waals surface area contributed by atoms with Gasteiger partial charge in [-0.05, 0) is 29.7 Å². The highest BCUT2D eigenvalue weighted by Gasteiger charge is 2.41. The summed E-state index contributed by atoms with van der Waals surface area (Å²) >= 11 is 0. The van der Waals surface area contributed by atoms with Crippen LogP contribution in [0.5, 0.6) is 0 Å². The second-order valence-electron chi connectivity index (χ2n) is 7.10. The predicted molar refractivity (Wildman–Crippen MR) is 100 cm³/mol. The van der Waals surface area contributed by atoms with Gasteiger partial charge in [-0.25, -0.2) is 4.39 Å². The zero-order chi connectivity index (χ0) is 19.3. The molecule has 0 aromatic heterocycles. The molecular weight excluding hydrogens is 347 g/mol. The van der Waals surface area contributed by atoms with E-state index < -0.39 is 11.7 Å². The van der Waals surface area contributed by atoms with Gasteiger partial charge < -0.3 is 20.4 Å². The number of carbonyl (C=O) groups excluding carboxylic acids is 1. The van der Waals surface area contributed by atoms with Crippen LogP contribution in [0, 0.1) is 5.82 Å². The van der Waals surface area contributed by atoms with Crippen molar-refractivity contribution < 1.29 is 19.4 Å². The number of likely N-dealkylation sites (tertiary alicyclic amines) is 1. The molecule has 1 heterocycles. The molecule has 144 valence electrons. The first-order chi connectivity index (χ1) is 13.0. The zero-order valence-electron chi connectivity index (χ0n) is 15.1. The lowest BCUT2D eigenvalue weighted by molar-refractivity contribution is -0.148. The summed E-state index contributed by atoms with van der Waals surface area (Å²) in [5.41, 5.74) is 0.535. The van der Waals surface area contributed by atoms with Gasteiger partial charge in [0.05, 0.1) is 6.42 Å². The molecule has 0 spiro atoms. The molecule has 27 heavy (non-hydrogen) atoms. The molecule has 1 fully saturated rings. The van der Waals surface area contributed by atoms with Crippen molar-refractivity contribution >= 4 is 5.91 Å². The molecule has 1 saturated heterocycles. The SMILES string of the molecule is O=C(Cc1ccccc1)N1CC[C@](O)(CNCc2ccc(F)cc2)[C@@H](O)C1. The molecule has 0 radical (unpaired) electrons. The first kappa shape index (κ1) is 19.5. The van der Waals surface area contributed by atoms with Crippen LogP contribution in [0.25, 0.3) is 0 Å². The molecule has 1 aliphatic heterocycles. The summed E-state index contributed by atoms with van der Waals surface area (Å²) in [6.07, 6.45) is -0.438. The fourth-order valence-corrected chi connectivity index (χ4v) is 3.31. The molecule has 6 heteroatoms. The van der Waals surface area contributed by atoms with E-state index in [1.54, 1.807) is 17.0 Å². The van der Waals surface area contributed by atoms with Crippen molar-refractivity contribution in [3.05, 3.63) is 71.5 Å². The van der Waals surface area contributed by atoms with Gasteiger partial charge in [0.25, 0.3) is 0 Å². The molecule has 0 aliphatic carbocycles. The van der Waals surface area contributed by atoms with Gasteiger partial charge in [-0.2, -0.15) is 0 Å². The van der Waals surface area contributed by atoms with E-state index in [9.17, 15) is 19.4 Å². The Bertz CT molecular complexity index is 754. The third-order valence-corrected chi connectivity index (χ3v) is 5.05. The molecule has 2 atom stereocenters. The average molecular weight is 372 g/mol. The number of β-amino-alcohol motifs (C(OH)–C–C–N with tert-alkyl or cyclic N) is 1. The van der Waals surface area contributed by atoms with Crippen molar-refractivity contribution in [2.45, 2.75) is 31.1 Å². The van der Waals surface area contributed by atoms with E-state index in [1.165, 1.54) is 12.1 Å². The van der Waals surface area contributed by atoms with E-state index in [0.29, 0.717) is 19.5 Å². The van der Waals surface area contributed by atoms with Gasteiger partial charge in [-0.15, -0.1) is 0 Å². The van der Waals surface area contributed by atoms with E-state index in [-0.39, 0.29) is 31.2 Å². The number of benzene rings is 2. The van der Waals surface area contributed by atoms with E-state index in [2.05, 4.69) is 5.32 Å². The monoisotopic (exact) mass is 372 g/mol. The molecule has 0 saturated carbocycles. The Balaban J connectivity index is 1.49. The van der Waals surface area contributed by atoms with Crippen molar-refractivity contribution in [1.82, 2.24) is 10.2 Å². The summed E-state index contributed by atoms with van der Waals surface area (Å²) in [5, 5.41) is 24.3. The fourth-order valence-electron chi connectivity index (χ4n) is 3.31. The van der Waals surface area contributed by atoms with Crippen LogP contribution in [0.4, 0.5) is 4.39 Å². The van der Waals surface area contributed by atoms with Crippen LogP contribution < -0.4 is 5.32 Å². The van der Waals surface area contributed by atoms with Crippen molar-refractivity contribution in [2.24, 2.45) is 0 Å². The quantitative estimate of drug-likeness (QED) is 0.718. The fraction of sp³-hybridized carbons (Fsp3) is 0.381. The lowest BCUT2D eigenvalue weighted by atomic mass is 9.88. The van der Waals surface area contributed by atoms with Crippen molar-refractivity contribution in [2.75, 3.05) is 19.6 Å². The number of nitrogens with zero attached hydrogens (tertiary/aromatic N) is 1. The first-order valence-electron chi connectivity index (χ1n) is 9.13. The maximum absolute atomic E-state index is 12.9. The second kappa shape index (κ2) is 8.61. The van der Waals surface area contributed by atoms with Crippen LogP contribution in [0.15, 0.2) is 54.6 Å². The van der Waals surface area contributed by atoms with Gasteiger partial charge >= 0.3 is 0 Å². The molecule has 3 rings (SSSR count). The Morgan fingerprint density at radius 2 is 1.85 bits per heavy atom. The molecular formula is C21H25FN2O3. The van der Waals surface area contributed by atoms with Crippen molar-refractivity contribution in [3.63, 3.8) is 0 Å². The Hall–Kier alpha value is -2.28. The number of rotatable bonds is 6. The standard InChI is InChI=1S/C21H25FN2O3/c22-18-8-6-17(7-9-18)13-23-15-21(27)10-11-24(14-19(21)25)20(26)12-16-4-2-1-3-5-16/h1-9,19,23,25,27H,10-15H2/t19-,21-/m0/s1. The van der Waals surface area contributed by atoms with Gasteiger partial charge in [0.1, 0.15) is 17.5 Å². The summed E-state index contributed by atoms with van der Waals surface area (Å²) in [7, 11) is 0. The van der Waals surface area contributed by atoms with Crippen LogP contribution in [0.1, 0.15) is 17.5 Å². The minimum atomic E-state index is -1.29. The number of amides is 1. The summed E-state index contributed by atoms with van der Waals surface area (Å²) in [6, 6.07) is 15.6. The van der Waals surface area contributed by atoms with Gasteiger partial charge in [-0.1, -0.05) is 42.5 Å². The van der Waals surface area contributed by atoms with Gasteiger partial charge in [0.15, 0.2) is 0 Å². The third-order valence-electron chi connectivity index (χ3n) is 5.05. The molecule has 0 unspecified atom stereocenters. The topological polar surface area (TPSA) is 72.8 Å². The highest BCUT2D eigenvalue weighted by Crippen LogP contribution is 2.23. The highest BCUT2D eigenvalue weighted by atomic mass is 19.1. The zero-order valence-corrected chi connectivity index (χ0v) is 15.1. The lowest BCUT2D eigenvalue weighted by Gasteiger charge is -2.42. The van der Waals surface area contributed by atoms with Crippen molar-refractivity contribution in [1.29, 1.82) is 0 Å². The first-order valence-corrected chi connectivity index (χ1v) is 9.13. The lowest BCUT2D eigenvalue weighted by Crippen LogP contribution is -2.60. The highest BCUT2D eigenvalue weighted by molar-refractivity contribution is 5.79. The Morgan fingerprint density at radius 1 is 1.15 bits per heavy atom. The number of piperidine rings is 1. The molecule has 1 amide bonds. The van der Waals surface area contributed by atoms with E-state index in [4.69, 9.17) is 0 Å². The molecule has 1 aliphatic rings. The number of halogens is 1. The normalized spacial score (nSPS) is 22.6. The number of hydrogen-bond donors (Lipinski definition) is 3. The minimum absolute atomic E-state index is 0.0541. The summed E-state index contributed by atoms with van der Waals surface area (Å²) in [6.45, 7) is 1.18. The number of aliphatic hydroxyl groups excluding tert-OH is 1. The Morgan fingerprint density at radius 3 is 2.52 bits per heavy atom. The minimum Gasteiger partial charge on any atom is -0.388 e. The summed E-state index contributed by atoms with van der Waals surface area (Å²) < 4.78 is 12.9. The predicted octanol–water partition coefficient (Wildman–Crippen LogP) is 1.48. The maximum Gasteiger partial charge on any atom is 0.227 e. The Labute approximate surface area is 158 Å². The van der Waals surface area contributed by atoms with Crippen molar-refractivity contribution in [3.8, 4) is 0 Å². The molecule has 2 aromatic rings. The third kappa shape index (κ3) is 5.13. The molecule has 2 aromatic carbocycles. The van der Waals surface area contributed by atoms with Gasteiger partial charge in [0.2, 0.25) is 5.91 Å². The van der Waals surface area contributed by atoms with E-state index in [0.717, 1.165) is 11.1 Å². The molecule has 0 bridgehead atoms. The smallest absolute Gasteiger partial charge is 0.227 e. The Kier molecular flexibility index (Phi) is 6.21. The number of aliphatic hydroxyl groups is 2. The maximum atomic E-state index is 12.9. The van der Waals surface area contributed by atoms with E-state index >= 15 is 0 Å². The number of carbonyl (C=O) groups is 1. The van der Waals surface area contributed by atoms with E-state index in [1.807, 2.05) is 30.3 Å². The van der Waals surface area contributed by atoms with Crippen LogP contribution in [-0.4, -0.2) is 52.4 Å². The molecule has 5 nitrogen and oxygen atoms in total. The van der Waals surface area contributed by atoms with Gasteiger partial charge in [0, 0.05) is 26.2 Å². The van der Waals surface area contributed by atoms with Crippen LogP contribution in [-0.2, 0) is 17.8 Å². The van der Waals surface area contributed by atoms with Gasteiger partial charge in [-0.3, -0.25) is 4.79 Å².